The van der Waals surface area contributed by atoms with Gasteiger partial charge in [0.05, 0.1) is 69.6 Å². The van der Waals surface area contributed by atoms with Crippen LogP contribution in [0.5, 0.6) is 29.4 Å². The summed E-state index contributed by atoms with van der Waals surface area (Å²) in [6.07, 6.45) is 0. The molecule has 0 aliphatic rings. The van der Waals surface area contributed by atoms with Gasteiger partial charge in [-0.05, 0) is 103 Å². The Hall–Kier alpha value is -14.6. The highest BCUT2D eigenvalue weighted by Crippen LogP contribution is 2.40. The maximum atomic E-state index is 13.6. The van der Waals surface area contributed by atoms with Gasteiger partial charge in [0.2, 0.25) is 55.1 Å². The van der Waals surface area contributed by atoms with Crippen molar-refractivity contribution in [1.82, 2.24) is 73.8 Å². The van der Waals surface area contributed by atoms with Crippen LogP contribution in [0, 0.1) is 29.1 Å². The van der Waals surface area contributed by atoms with Crippen molar-refractivity contribution in [3.8, 4) is 111 Å². The topological polar surface area (TPSA) is 288 Å². The third kappa shape index (κ3) is 18.2. The summed E-state index contributed by atoms with van der Waals surface area (Å²) in [5.74, 6) is -2.63. The van der Waals surface area contributed by atoms with Crippen LogP contribution in [-0.2, 0) is 24.0 Å². The molecule has 0 spiro atoms. The van der Waals surface area contributed by atoms with Crippen LogP contribution in [0.1, 0.15) is 0 Å². The Morgan fingerprint density at radius 3 is 0.873 bits per heavy atom. The lowest BCUT2D eigenvalue weighted by atomic mass is 10.1. The lowest BCUT2D eigenvalue weighted by Crippen LogP contribution is -2.07. The number of para-hydroxylation sites is 5. The fraction of sp³-hybridized carbons (Fsp3) is 0.0230. The van der Waals surface area contributed by atoms with Crippen LogP contribution in [0.25, 0.3) is 136 Å². The van der Waals surface area contributed by atoms with Gasteiger partial charge in [-0.25, -0.2) is 45.4 Å². The number of fused-ring (bicyclic) bond motifs is 5. The smallest absolute Gasteiger partial charge is 0.299 e. The molecular formula is C87H52Cl3F5N16O10S5. The van der Waals surface area contributed by atoms with Crippen molar-refractivity contribution in [2.45, 2.75) is 0 Å². The van der Waals surface area contributed by atoms with E-state index in [0.29, 0.717) is 107 Å². The predicted molar refractivity (Wildman–Crippen MR) is 473 cm³/mol. The van der Waals surface area contributed by atoms with Crippen LogP contribution < -0.4 is 28.6 Å². The summed E-state index contributed by atoms with van der Waals surface area (Å²) in [5.41, 5.74) is 11.9. The molecule has 0 saturated carbocycles. The third-order valence-corrected chi connectivity index (χ3v) is 23.4. The van der Waals surface area contributed by atoms with Gasteiger partial charge < -0.3 is 28.6 Å². The quantitative estimate of drug-likeness (QED) is 0.0477. The average Bonchev–Trinajstić information content (AvgIpc) is 1.64. The fourth-order valence-corrected chi connectivity index (χ4v) is 16.9. The van der Waals surface area contributed by atoms with E-state index in [-0.39, 0.29) is 34.4 Å². The highest BCUT2D eigenvalue weighted by molar-refractivity contribution is 7.13. The Morgan fingerprint density at radius 2 is 0.571 bits per heavy atom. The summed E-state index contributed by atoms with van der Waals surface area (Å²) in [6.45, 7) is 1.64. The Kier molecular flexibility index (Phi) is 25.6. The summed E-state index contributed by atoms with van der Waals surface area (Å²) in [4.78, 5) is 75.6. The summed E-state index contributed by atoms with van der Waals surface area (Å²) in [5, 5.41) is 39.3. The molecule has 0 aliphatic carbocycles. The second-order valence-corrected chi connectivity index (χ2v) is 31.7. The molecule has 0 saturated heterocycles. The summed E-state index contributed by atoms with van der Waals surface area (Å²) >= 11 is 24.5. The lowest BCUT2D eigenvalue weighted by molar-refractivity contribution is -0.121. The monoisotopic (exact) mass is 1840 g/mol. The summed E-state index contributed by atoms with van der Waals surface area (Å²) < 4.78 is 99.6. The molecule has 0 atom stereocenters. The summed E-state index contributed by atoms with van der Waals surface area (Å²) in [7, 11) is 4.03. The van der Waals surface area contributed by atoms with Crippen LogP contribution in [-0.4, -0.2) is 120 Å². The molecule has 0 N–H and O–H groups in total. The van der Waals surface area contributed by atoms with E-state index in [4.69, 9.17) is 68.7 Å². The van der Waals surface area contributed by atoms with Crippen LogP contribution in [0.4, 0.5) is 27.6 Å². The Labute approximate surface area is 741 Å². The predicted octanol–water partition coefficient (Wildman–Crippen LogP) is 21.1. The molecule has 0 aliphatic heterocycles. The van der Waals surface area contributed by atoms with Gasteiger partial charge in [-0.1, -0.05) is 201 Å². The first-order chi connectivity index (χ1) is 61.3. The van der Waals surface area contributed by atoms with Crippen molar-refractivity contribution < 1.29 is 69.6 Å². The number of carbonyl (C=O) groups excluding carboxylic acids is 5. The average molecular weight is 1840 g/mol. The SMILES string of the molecule is CN(C)c1ccc(-c2nn(-c3nc(OC=O)cs3)c3ccccc23)cc1.O=COc1csc(-n2nc(-c3cc(F)cc(F)c3)c3ccccc32)n1.O=COc1csc(-n2nc(-c3ccc(Cl)c(Cl)c3)c3ccccc32)n1.O=COc1csc(-n2nc(-c3ccc(F)c(Cl)c3)c3ccccc32)n1.O=COc1csc(-n2nc(-c3ccc(F)c(F)c3)c3ccccc32)n1. The van der Waals surface area contributed by atoms with E-state index in [1.165, 1.54) is 80.9 Å². The number of aromatic nitrogens is 15. The Balaban J connectivity index is 0.000000116. The molecule has 20 rings (SSSR count). The maximum Gasteiger partial charge on any atom is 0.299 e. The van der Waals surface area contributed by atoms with E-state index < -0.39 is 29.1 Å². The molecular weight excluding hydrogens is 1790 g/mol. The first-order valence-electron chi connectivity index (χ1n) is 36.6. The van der Waals surface area contributed by atoms with Crippen LogP contribution in [0.3, 0.4) is 0 Å². The number of hydrogen-bond donors (Lipinski definition) is 0. The third-order valence-electron chi connectivity index (χ3n) is 18.4. The van der Waals surface area contributed by atoms with Crippen LogP contribution in [0.2, 0.25) is 15.1 Å². The largest absolute Gasteiger partial charge is 0.409 e. The number of rotatable bonds is 21. The first kappa shape index (κ1) is 85.0. The minimum Gasteiger partial charge on any atom is -0.409 e. The molecule has 126 heavy (non-hydrogen) atoms. The van der Waals surface area contributed by atoms with E-state index in [0.717, 1.165) is 95.4 Å². The zero-order valence-electron chi connectivity index (χ0n) is 64.4. The van der Waals surface area contributed by atoms with Crippen molar-refractivity contribution in [2.75, 3.05) is 19.0 Å². The number of carbonyl (C=O) groups is 5. The van der Waals surface area contributed by atoms with Crippen molar-refractivity contribution in [2.24, 2.45) is 0 Å². The van der Waals surface area contributed by atoms with Gasteiger partial charge in [0.1, 0.15) is 45.9 Å². The molecule has 626 valence electrons. The highest BCUT2D eigenvalue weighted by atomic mass is 35.5. The van der Waals surface area contributed by atoms with Crippen LogP contribution in [0.15, 0.2) is 245 Å². The zero-order valence-corrected chi connectivity index (χ0v) is 70.7. The molecule has 0 unspecified atom stereocenters. The Bertz CT molecular complexity index is 7020. The summed E-state index contributed by atoms with van der Waals surface area (Å²) in [6, 6.07) is 63.1. The number of ether oxygens (including phenoxy) is 5. The zero-order chi connectivity index (χ0) is 87.6. The molecule has 0 amide bonds. The molecule has 10 aromatic carbocycles. The normalized spacial score (nSPS) is 10.9. The van der Waals surface area contributed by atoms with Gasteiger partial charge in [-0.3, -0.25) is 24.0 Å². The van der Waals surface area contributed by atoms with Crippen molar-refractivity contribution in [1.29, 1.82) is 0 Å². The van der Waals surface area contributed by atoms with Gasteiger partial charge >= 0.3 is 0 Å². The number of benzene rings is 10. The number of thiazole rings is 5. The van der Waals surface area contributed by atoms with Gasteiger partial charge in [0.25, 0.3) is 32.4 Å². The highest BCUT2D eigenvalue weighted by Gasteiger charge is 2.24. The molecule has 0 bridgehead atoms. The van der Waals surface area contributed by atoms with Crippen molar-refractivity contribution in [3.05, 3.63) is 289 Å². The van der Waals surface area contributed by atoms with Crippen molar-refractivity contribution in [3.63, 3.8) is 0 Å². The molecule has 10 aromatic heterocycles. The minimum atomic E-state index is -0.938. The van der Waals surface area contributed by atoms with E-state index in [9.17, 15) is 45.9 Å². The van der Waals surface area contributed by atoms with Crippen LogP contribution >= 0.6 is 91.5 Å². The first-order valence-corrected chi connectivity index (χ1v) is 42.2. The second kappa shape index (κ2) is 38.0. The maximum absolute atomic E-state index is 13.6. The fourth-order valence-electron chi connectivity index (χ4n) is 12.9. The lowest BCUT2D eigenvalue weighted by Gasteiger charge is -2.12. The van der Waals surface area contributed by atoms with E-state index in [1.54, 1.807) is 74.6 Å². The molecule has 10 heterocycles. The van der Waals surface area contributed by atoms with Gasteiger partial charge in [0.15, 0.2) is 11.6 Å². The number of hydrogen-bond acceptors (Lipinski definition) is 26. The molecule has 0 fully saturated rings. The van der Waals surface area contributed by atoms with E-state index in [1.807, 2.05) is 141 Å². The van der Waals surface area contributed by atoms with E-state index in [2.05, 4.69) is 69.4 Å². The van der Waals surface area contributed by atoms with E-state index >= 15 is 0 Å². The molecule has 0 radical (unpaired) electrons. The standard InChI is InChI=1S/C19H16N4O2S.C17H9Cl2N3O2S.C17H9ClFN3O2S.2C17H9F2N3O2S/c1-22(2)14-9-7-13(8-10-14)18-15-5-3-4-6-16(15)23(21-18)19-20-17(11-26-19)25-12-24;18-12-6-5-10(7-13(12)19)16-11-3-1-2-4-14(11)22(21-16)17-20-15(8-25-17)24-9-23;18-12-7-10(5-6-13(12)19)16-11-3-1-2-4-14(11)22(21-16)17-20-15(8-25-17)24-9-23;18-11-5-10(6-12(19)7-11)16-13-3-1-2-4-14(13)22(21-16)17-20-15(8-25-17)24-9-23;18-12-6-5-10(7-13(12)19)16-11-3-1-2-4-14(11)22(21-16)17-20-15(8-25-17)24-9-23/h3-12H,1-2H3;4*1-9H. The van der Waals surface area contributed by atoms with Gasteiger partial charge in [-0.15, -0.1) is 0 Å². The number of nitrogens with zero attached hydrogens (tertiary/aromatic N) is 16. The molecule has 20 aromatic rings. The van der Waals surface area contributed by atoms with Gasteiger partial charge in [0, 0.05) is 80.6 Å². The van der Waals surface area contributed by atoms with Gasteiger partial charge in [-0.2, -0.15) is 50.4 Å². The molecule has 26 nitrogen and oxygen atoms in total. The minimum absolute atomic E-state index is 0.0343. The molecule has 39 heteroatoms. The number of halogens is 8. The number of anilines is 1. The Morgan fingerprint density at radius 1 is 0.294 bits per heavy atom. The van der Waals surface area contributed by atoms with Crippen molar-refractivity contribution >= 4 is 184 Å². The second-order valence-electron chi connectivity index (χ2n) is 26.3.